The van der Waals surface area contributed by atoms with Gasteiger partial charge in [0.15, 0.2) is 11.0 Å². The van der Waals surface area contributed by atoms with Gasteiger partial charge < -0.3 is 14.5 Å². The van der Waals surface area contributed by atoms with E-state index in [4.69, 9.17) is 9.72 Å². The van der Waals surface area contributed by atoms with E-state index in [9.17, 15) is 9.59 Å². The van der Waals surface area contributed by atoms with E-state index in [0.29, 0.717) is 31.2 Å². The van der Waals surface area contributed by atoms with Crippen LogP contribution in [0.1, 0.15) is 43.0 Å². The number of likely N-dealkylation sites (tertiary alicyclic amines) is 1. The molecule has 1 saturated heterocycles. The second-order valence-corrected chi connectivity index (χ2v) is 9.81. The van der Waals surface area contributed by atoms with Gasteiger partial charge in [0.2, 0.25) is 5.91 Å². The Morgan fingerprint density at radius 2 is 2.09 bits per heavy atom. The van der Waals surface area contributed by atoms with E-state index in [0.717, 1.165) is 54.3 Å². The Kier molecular flexibility index (Phi) is 5.79. The summed E-state index contributed by atoms with van der Waals surface area (Å²) in [5.41, 5.74) is 1.86. The van der Waals surface area contributed by atoms with Crippen molar-refractivity contribution in [3.8, 4) is 5.88 Å². The Labute approximate surface area is 191 Å². The largest absolute Gasteiger partial charge is 0.470 e. The maximum absolute atomic E-state index is 13.2. The van der Waals surface area contributed by atoms with Gasteiger partial charge in [-0.15, -0.1) is 0 Å². The first-order valence-corrected chi connectivity index (χ1v) is 12.2. The predicted molar refractivity (Wildman–Crippen MR) is 121 cm³/mol. The molecule has 2 aromatic rings. The normalized spacial score (nSPS) is 21.9. The van der Waals surface area contributed by atoms with Crippen LogP contribution in [0.15, 0.2) is 22.3 Å². The van der Waals surface area contributed by atoms with Crippen LogP contribution in [0.25, 0.3) is 0 Å². The minimum absolute atomic E-state index is 0.0593. The van der Waals surface area contributed by atoms with Gasteiger partial charge in [-0.2, -0.15) is 0 Å². The Bertz CT molecular complexity index is 1090. The molecule has 32 heavy (non-hydrogen) atoms. The second-order valence-electron chi connectivity index (χ2n) is 8.82. The highest BCUT2D eigenvalue weighted by molar-refractivity contribution is 7.99. The van der Waals surface area contributed by atoms with Crippen molar-refractivity contribution in [3.63, 3.8) is 0 Å². The van der Waals surface area contributed by atoms with Crippen LogP contribution >= 0.6 is 11.8 Å². The molecule has 0 spiro atoms. The van der Waals surface area contributed by atoms with Gasteiger partial charge in [0.25, 0.3) is 11.4 Å². The van der Waals surface area contributed by atoms with Crippen LogP contribution in [0.5, 0.6) is 5.88 Å². The number of fused-ring (bicyclic) bond motifs is 2. The molecule has 1 aliphatic carbocycles. The van der Waals surface area contributed by atoms with E-state index in [1.54, 1.807) is 28.7 Å². The van der Waals surface area contributed by atoms with Gasteiger partial charge >= 0.3 is 0 Å². The molecular formula is C22H28N6O3S. The molecule has 2 unspecified atom stereocenters. The molecule has 1 fully saturated rings. The van der Waals surface area contributed by atoms with Crippen LogP contribution in [0.2, 0.25) is 0 Å². The maximum atomic E-state index is 13.2. The Hall–Kier alpha value is -2.62. The first-order chi connectivity index (χ1) is 15.5. The average Bonchev–Trinajstić information content (AvgIpc) is 3.42. The molecule has 2 aromatic heterocycles. The van der Waals surface area contributed by atoms with Crippen LogP contribution in [0.3, 0.4) is 0 Å². The number of piperidine rings is 1. The van der Waals surface area contributed by atoms with Crippen molar-refractivity contribution >= 4 is 23.5 Å². The number of carbonyl (C=O) groups excluding carboxylic acids is 1. The van der Waals surface area contributed by atoms with Crippen LogP contribution in [0.4, 0.5) is 5.82 Å². The average molecular weight is 457 g/mol. The Morgan fingerprint density at radius 3 is 2.94 bits per heavy atom. The monoisotopic (exact) mass is 456 g/mol. The molecule has 0 radical (unpaired) electrons. The Morgan fingerprint density at radius 1 is 1.25 bits per heavy atom. The number of hydrogen-bond acceptors (Lipinski definition) is 8. The molecule has 2 aliphatic heterocycles. The Balaban J connectivity index is 1.26. The fraction of sp³-hybridized carbons (Fsp3) is 0.591. The van der Waals surface area contributed by atoms with E-state index < -0.39 is 0 Å². The third kappa shape index (κ3) is 3.96. The number of amides is 1. The lowest BCUT2D eigenvalue weighted by Gasteiger charge is -2.33. The van der Waals surface area contributed by atoms with E-state index >= 15 is 0 Å². The van der Waals surface area contributed by atoms with Gasteiger partial charge in [-0.3, -0.25) is 14.2 Å². The second kappa shape index (κ2) is 8.73. The number of carbonyl (C=O) groups is 1. The van der Waals surface area contributed by atoms with Crippen LogP contribution in [0, 0.1) is 0 Å². The first-order valence-electron chi connectivity index (χ1n) is 11.2. The molecule has 3 aliphatic rings. The molecule has 0 N–H and O–H groups in total. The summed E-state index contributed by atoms with van der Waals surface area (Å²) in [4.78, 5) is 43.3. The minimum atomic E-state index is -0.130. The maximum Gasteiger partial charge on any atom is 0.257 e. The smallest absolute Gasteiger partial charge is 0.257 e. The zero-order valence-corrected chi connectivity index (χ0v) is 19.3. The highest BCUT2D eigenvalue weighted by atomic mass is 32.2. The lowest BCUT2D eigenvalue weighted by atomic mass is 10.1. The quantitative estimate of drug-likeness (QED) is 0.628. The summed E-state index contributed by atoms with van der Waals surface area (Å²) in [6, 6.07) is -0.130. The zero-order chi connectivity index (χ0) is 22.2. The third-order valence-corrected chi connectivity index (χ3v) is 7.46. The lowest BCUT2D eigenvalue weighted by molar-refractivity contribution is -0.134. The third-order valence-electron chi connectivity index (χ3n) is 6.36. The fourth-order valence-electron chi connectivity index (χ4n) is 4.76. The van der Waals surface area contributed by atoms with Crippen LogP contribution in [-0.2, 0) is 17.6 Å². The summed E-state index contributed by atoms with van der Waals surface area (Å²) in [7, 11) is 3.80. The van der Waals surface area contributed by atoms with Crippen molar-refractivity contribution in [2.75, 3.05) is 37.8 Å². The standard InChI is InChI=1S/C22H28N6O3S/c1-26(2)19-20(24-9-8-23-19)31-15-5-4-10-27(12-15)18(29)11-14-13-32-22-25-17-7-3-6-16(17)21(30)28(14)22/h8-9,14-15H,3-7,10-13H2,1-2H3. The number of anilines is 1. The highest BCUT2D eigenvalue weighted by Gasteiger charge is 2.33. The van der Waals surface area contributed by atoms with Gasteiger partial charge in [-0.1, -0.05) is 11.8 Å². The summed E-state index contributed by atoms with van der Waals surface area (Å²) in [5, 5.41) is 0.771. The lowest BCUT2D eigenvalue weighted by Crippen LogP contribution is -2.45. The van der Waals surface area contributed by atoms with Gasteiger partial charge in [-0.05, 0) is 32.1 Å². The molecule has 4 heterocycles. The molecule has 9 nitrogen and oxygen atoms in total. The van der Waals surface area contributed by atoms with E-state index in [1.807, 2.05) is 23.9 Å². The number of rotatable bonds is 5. The summed E-state index contributed by atoms with van der Waals surface area (Å²) in [6.45, 7) is 1.23. The van der Waals surface area contributed by atoms with Gasteiger partial charge in [-0.25, -0.2) is 15.0 Å². The minimum Gasteiger partial charge on any atom is -0.470 e. The van der Waals surface area contributed by atoms with Crippen molar-refractivity contribution in [1.82, 2.24) is 24.4 Å². The molecule has 0 bridgehead atoms. The number of nitrogens with zero attached hydrogens (tertiary/aromatic N) is 6. The molecule has 0 saturated carbocycles. The molecule has 0 aromatic carbocycles. The SMILES string of the molecule is CN(C)c1nccnc1OC1CCCN(C(=O)CC2CSc3nc4c(c(=O)n32)CCC4)C1. The molecule has 1 amide bonds. The molecular weight excluding hydrogens is 428 g/mol. The van der Waals surface area contributed by atoms with Gasteiger partial charge in [0.1, 0.15) is 6.10 Å². The van der Waals surface area contributed by atoms with Crippen molar-refractivity contribution < 1.29 is 9.53 Å². The van der Waals surface area contributed by atoms with Crippen molar-refractivity contribution in [3.05, 3.63) is 34.0 Å². The molecule has 2 atom stereocenters. The van der Waals surface area contributed by atoms with Crippen molar-refractivity contribution in [2.45, 2.75) is 55.8 Å². The predicted octanol–water partition coefficient (Wildman–Crippen LogP) is 1.69. The number of thioether (sulfide) groups is 1. The molecule has 170 valence electrons. The van der Waals surface area contributed by atoms with Crippen molar-refractivity contribution in [1.29, 1.82) is 0 Å². The van der Waals surface area contributed by atoms with Crippen molar-refractivity contribution in [2.24, 2.45) is 0 Å². The van der Waals surface area contributed by atoms with E-state index in [1.165, 1.54) is 0 Å². The topological polar surface area (TPSA) is 93.5 Å². The number of aromatic nitrogens is 4. The van der Waals surface area contributed by atoms with Crippen LogP contribution < -0.4 is 15.2 Å². The number of ether oxygens (including phenoxy) is 1. The van der Waals surface area contributed by atoms with E-state index in [2.05, 4.69) is 9.97 Å². The summed E-state index contributed by atoms with van der Waals surface area (Å²) in [5.74, 6) is 1.95. The number of aryl methyl sites for hydroxylation is 1. The first kappa shape index (κ1) is 21.2. The van der Waals surface area contributed by atoms with Gasteiger partial charge in [0, 0.05) is 50.8 Å². The molecule has 5 rings (SSSR count). The zero-order valence-electron chi connectivity index (χ0n) is 18.5. The van der Waals surface area contributed by atoms with Crippen LogP contribution in [-0.4, -0.2) is 69.4 Å². The summed E-state index contributed by atoms with van der Waals surface area (Å²) >= 11 is 1.59. The van der Waals surface area contributed by atoms with E-state index in [-0.39, 0.29) is 23.6 Å². The molecule has 10 heteroatoms. The van der Waals surface area contributed by atoms with Gasteiger partial charge in [0.05, 0.1) is 18.3 Å². The number of hydrogen-bond donors (Lipinski definition) is 0. The summed E-state index contributed by atoms with van der Waals surface area (Å²) < 4.78 is 7.92. The fourth-order valence-corrected chi connectivity index (χ4v) is 5.91. The summed E-state index contributed by atoms with van der Waals surface area (Å²) in [6.07, 6.45) is 7.88. The highest BCUT2D eigenvalue weighted by Crippen LogP contribution is 2.34.